The van der Waals surface area contributed by atoms with Crippen molar-refractivity contribution in [2.75, 3.05) is 0 Å². The number of aliphatic hydroxyl groups excluding tert-OH is 2. The Balaban J connectivity index is 2.08. The van der Waals surface area contributed by atoms with Crippen molar-refractivity contribution in [1.82, 2.24) is 0 Å². The largest absolute Gasteiger partial charge is 0.516 e. The van der Waals surface area contributed by atoms with E-state index in [9.17, 15) is 0 Å². The van der Waals surface area contributed by atoms with Gasteiger partial charge in [-0.2, -0.15) is 0 Å². The Hall–Kier alpha value is -2.74. The smallest absolute Gasteiger partial charge is 0.0797 e. The second-order valence-electron chi connectivity index (χ2n) is 4.30. The summed E-state index contributed by atoms with van der Waals surface area (Å²) >= 11 is 0. The zero-order chi connectivity index (χ0) is 14.2. The van der Waals surface area contributed by atoms with Crippen LogP contribution >= 0.6 is 0 Å². The monoisotopic (exact) mass is 264 g/mol. The number of benzene rings is 2. The summed E-state index contributed by atoms with van der Waals surface area (Å²) in [5.74, 6) is 0. The van der Waals surface area contributed by atoms with Gasteiger partial charge in [0.1, 0.15) is 0 Å². The summed E-state index contributed by atoms with van der Waals surface area (Å²) in [6.45, 7) is 0. The van der Waals surface area contributed by atoms with Gasteiger partial charge in [0.15, 0.2) is 0 Å². The average molecular weight is 264 g/mol. The third-order valence-corrected chi connectivity index (χ3v) is 2.88. The lowest BCUT2D eigenvalue weighted by Crippen LogP contribution is -1.76. The summed E-state index contributed by atoms with van der Waals surface area (Å²) < 4.78 is 0. The summed E-state index contributed by atoms with van der Waals surface area (Å²) in [5.41, 5.74) is 4.12. The molecule has 0 fully saturated rings. The van der Waals surface area contributed by atoms with E-state index < -0.39 is 0 Å². The fraction of sp³-hybridized carbons (Fsp3) is 0. The molecule has 0 heterocycles. The van der Waals surface area contributed by atoms with Gasteiger partial charge in [-0.15, -0.1) is 0 Å². The first kappa shape index (κ1) is 13.7. The molecule has 0 radical (unpaired) electrons. The minimum Gasteiger partial charge on any atom is -0.516 e. The molecule has 0 aliphatic heterocycles. The molecule has 0 aliphatic rings. The van der Waals surface area contributed by atoms with Gasteiger partial charge in [-0.25, -0.2) is 0 Å². The fourth-order valence-corrected chi connectivity index (χ4v) is 1.80. The third-order valence-electron chi connectivity index (χ3n) is 2.88. The van der Waals surface area contributed by atoms with Crippen LogP contribution in [0.4, 0.5) is 0 Å². The van der Waals surface area contributed by atoms with Crippen LogP contribution in [-0.4, -0.2) is 10.2 Å². The van der Waals surface area contributed by atoms with E-state index >= 15 is 0 Å². The average Bonchev–Trinajstić information content (AvgIpc) is 2.49. The molecule has 0 saturated heterocycles. The highest BCUT2D eigenvalue weighted by atomic mass is 16.2. The SMILES string of the molecule is O/C=C\c1ccc(/C=C\c2ccc(/C=C\O)cc2)cc1. The van der Waals surface area contributed by atoms with Crippen LogP contribution in [0.3, 0.4) is 0 Å². The molecule has 100 valence electrons. The summed E-state index contributed by atoms with van der Waals surface area (Å²) in [5, 5.41) is 17.4. The van der Waals surface area contributed by atoms with E-state index in [4.69, 9.17) is 10.2 Å². The van der Waals surface area contributed by atoms with Crippen molar-refractivity contribution in [3.63, 3.8) is 0 Å². The Morgan fingerprint density at radius 2 is 0.700 bits per heavy atom. The summed E-state index contributed by atoms with van der Waals surface area (Å²) in [7, 11) is 0. The number of rotatable bonds is 4. The molecule has 0 atom stereocenters. The van der Waals surface area contributed by atoms with Crippen LogP contribution in [0.15, 0.2) is 61.1 Å². The molecule has 2 rings (SSSR count). The topological polar surface area (TPSA) is 40.5 Å². The molecule has 0 bridgehead atoms. The van der Waals surface area contributed by atoms with E-state index in [1.54, 1.807) is 12.2 Å². The molecule has 20 heavy (non-hydrogen) atoms. The molecular formula is C18H16O2. The predicted octanol–water partition coefficient (Wildman–Crippen LogP) is 4.91. The minimum atomic E-state index is 0.963. The first-order valence-electron chi connectivity index (χ1n) is 6.31. The zero-order valence-electron chi connectivity index (χ0n) is 11.0. The van der Waals surface area contributed by atoms with Gasteiger partial charge in [-0.3, -0.25) is 0 Å². The Kier molecular flexibility index (Phi) is 4.79. The molecule has 0 spiro atoms. The molecule has 2 N–H and O–H groups in total. The van der Waals surface area contributed by atoms with E-state index in [-0.39, 0.29) is 0 Å². The van der Waals surface area contributed by atoms with Crippen LogP contribution in [0.25, 0.3) is 24.3 Å². The van der Waals surface area contributed by atoms with Crippen molar-refractivity contribution in [1.29, 1.82) is 0 Å². The molecule has 2 nitrogen and oxygen atoms in total. The highest BCUT2D eigenvalue weighted by Gasteiger charge is 1.91. The summed E-state index contributed by atoms with van der Waals surface area (Å²) in [6.07, 6.45) is 9.41. The van der Waals surface area contributed by atoms with Gasteiger partial charge in [0.05, 0.1) is 12.5 Å². The molecule has 0 aliphatic carbocycles. The van der Waals surface area contributed by atoms with Crippen molar-refractivity contribution < 1.29 is 10.2 Å². The second kappa shape index (κ2) is 7.00. The van der Waals surface area contributed by atoms with E-state index in [1.807, 2.05) is 60.7 Å². The number of hydrogen-bond donors (Lipinski definition) is 2. The standard InChI is InChI=1S/C18H16O2/c19-13-11-17-7-3-15(4-8-17)1-2-16-5-9-18(10-6-16)12-14-20/h1-14,19-20H/b2-1-,13-11-,14-12-. The van der Waals surface area contributed by atoms with E-state index in [1.165, 1.54) is 0 Å². The maximum atomic E-state index is 8.69. The quantitative estimate of drug-likeness (QED) is 0.608. The van der Waals surface area contributed by atoms with E-state index in [0.717, 1.165) is 34.8 Å². The van der Waals surface area contributed by atoms with E-state index in [2.05, 4.69) is 0 Å². The predicted molar refractivity (Wildman–Crippen MR) is 85.1 cm³/mol. The minimum absolute atomic E-state index is 0.963. The second-order valence-corrected chi connectivity index (χ2v) is 4.30. The normalized spacial score (nSPS) is 11.8. The molecule has 2 aromatic rings. The van der Waals surface area contributed by atoms with Crippen LogP contribution in [0.5, 0.6) is 0 Å². The molecule has 0 aromatic heterocycles. The van der Waals surface area contributed by atoms with Crippen LogP contribution in [-0.2, 0) is 0 Å². The number of aliphatic hydroxyl groups is 2. The molecule has 2 heteroatoms. The molecule has 0 amide bonds. The van der Waals surface area contributed by atoms with Crippen LogP contribution in [0.1, 0.15) is 22.3 Å². The third kappa shape index (κ3) is 3.89. The van der Waals surface area contributed by atoms with Crippen molar-refractivity contribution in [3.05, 3.63) is 83.3 Å². The summed E-state index contributed by atoms with van der Waals surface area (Å²) in [6, 6.07) is 15.8. The summed E-state index contributed by atoms with van der Waals surface area (Å²) in [4.78, 5) is 0. The Morgan fingerprint density at radius 1 is 0.450 bits per heavy atom. The Morgan fingerprint density at radius 3 is 0.950 bits per heavy atom. The van der Waals surface area contributed by atoms with Crippen molar-refractivity contribution in [2.45, 2.75) is 0 Å². The van der Waals surface area contributed by atoms with Crippen molar-refractivity contribution in [2.24, 2.45) is 0 Å². The van der Waals surface area contributed by atoms with E-state index in [0.29, 0.717) is 0 Å². The number of hydrogen-bond acceptors (Lipinski definition) is 2. The maximum absolute atomic E-state index is 8.69. The van der Waals surface area contributed by atoms with Gasteiger partial charge in [0.2, 0.25) is 0 Å². The highest BCUT2D eigenvalue weighted by Crippen LogP contribution is 2.12. The Labute approximate surface area is 118 Å². The lowest BCUT2D eigenvalue weighted by atomic mass is 10.1. The van der Waals surface area contributed by atoms with Gasteiger partial charge >= 0.3 is 0 Å². The van der Waals surface area contributed by atoms with Crippen LogP contribution in [0.2, 0.25) is 0 Å². The van der Waals surface area contributed by atoms with Crippen molar-refractivity contribution in [3.8, 4) is 0 Å². The maximum Gasteiger partial charge on any atom is 0.0797 e. The highest BCUT2D eigenvalue weighted by molar-refractivity contribution is 5.70. The van der Waals surface area contributed by atoms with Gasteiger partial charge in [-0.1, -0.05) is 60.7 Å². The molecule has 2 aromatic carbocycles. The molecule has 0 saturated carbocycles. The van der Waals surface area contributed by atoms with Gasteiger partial charge in [-0.05, 0) is 34.4 Å². The van der Waals surface area contributed by atoms with Crippen molar-refractivity contribution >= 4 is 24.3 Å². The molecule has 0 unspecified atom stereocenters. The first-order chi connectivity index (χ1) is 9.81. The van der Waals surface area contributed by atoms with Gasteiger partial charge in [0, 0.05) is 0 Å². The zero-order valence-corrected chi connectivity index (χ0v) is 11.0. The first-order valence-corrected chi connectivity index (χ1v) is 6.31. The fourth-order valence-electron chi connectivity index (χ4n) is 1.80. The van der Waals surface area contributed by atoms with Crippen LogP contribution < -0.4 is 0 Å². The van der Waals surface area contributed by atoms with Gasteiger partial charge < -0.3 is 10.2 Å². The Bertz CT molecular complexity index is 560. The van der Waals surface area contributed by atoms with Crippen LogP contribution in [0, 0.1) is 0 Å². The lowest BCUT2D eigenvalue weighted by Gasteiger charge is -1.97. The molecular weight excluding hydrogens is 248 g/mol. The lowest BCUT2D eigenvalue weighted by molar-refractivity contribution is 0.477. The van der Waals surface area contributed by atoms with Gasteiger partial charge in [0.25, 0.3) is 0 Å².